The van der Waals surface area contributed by atoms with Gasteiger partial charge in [-0.15, -0.1) is 0 Å². The lowest BCUT2D eigenvalue weighted by Crippen LogP contribution is -2.24. The molecule has 0 amide bonds. The molecule has 1 nitrogen and oxygen atoms in total. The fraction of sp³-hybridized carbons (Fsp3) is 0.571. The van der Waals surface area contributed by atoms with E-state index in [4.69, 9.17) is 0 Å². The van der Waals surface area contributed by atoms with Crippen molar-refractivity contribution in [2.45, 2.75) is 37.6 Å². The smallest absolute Gasteiger partial charge is 0.00756 e. The minimum atomic E-state index is 0.557. The number of hydrogen-bond donors (Lipinski definition) is 1. The maximum absolute atomic E-state index is 3.43. The second-order valence-corrected chi connectivity index (χ2v) is 5.35. The van der Waals surface area contributed by atoms with Gasteiger partial charge in [0.15, 0.2) is 0 Å². The molecule has 15 heavy (non-hydrogen) atoms. The first-order valence-electron chi connectivity index (χ1n) is 5.99. The third-order valence-electron chi connectivity index (χ3n) is 4.45. The van der Waals surface area contributed by atoms with E-state index in [1.165, 1.54) is 24.8 Å². The van der Waals surface area contributed by atoms with Crippen LogP contribution in [0.5, 0.6) is 0 Å². The molecule has 1 aromatic carbocycles. The van der Waals surface area contributed by atoms with Gasteiger partial charge in [-0.3, -0.25) is 0 Å². The number of benzene rings is 1. The van der Waals surface area contributed by atoms with Crippen LogP contribution in [-0.4, -0.2) is 13.1 Å². The van der Waals surface area contributed by atoms with E-state index < -0.39 is 0 Å². The van der Waals surface area contributed by atoms with E-state index in [1.807, 2.05) is 0 Å². The molecule has 2 fully saturated rings. The number of nitrogens with one attached hydrogen (secondary N) is 1. The summed E-state index contributed by atoms with van der Waals surface area (Å²) in [5, 5.41) is 3.43. The summed E-state index contributed by atoms with van der Waals surface area (Å²) >= 11 is 0. The van der Waals surface area contributed by atoms with Crippen LogP contribution < -0.4 is 5.32 Å². The van der Waals surface area contributed by atoms with Crippen molar-refractivity contribution in [1.29, 1.82) is 0 Å². The predicted molar refractivity (Wildman–Crippen MR) is 63.0 cm³/mol. The molecule has 3 atom stereocenters. The summed E-state index contributed by atoms with van der Waals surface area (Å²) in [7, 11) is 2.10. The van der Waals surface area contributed by atoms with Crippen LogP contribution in [0.15, 0.2) is 24.3 Å². The van der Waals surface area contributed by atoms with Gasteiger partial charge in [-0.1, -0.05) is 29.8 Å². The van der Waals surface area contributed by atoms with E-state index >= 15 is 0 Å². The van der Waals surface area contributed by atoms with Crippen molar-refractivity contribution in [3.63, 3.8) is 0 Å². The van der Waals surface area contributed by atoms with Crippen molar-refractivity contribution in [2.75, 3.05) is 7.05 Å². The summed E-state index contributed by atoms with van der Waals surface area (Å²) in [5.74, 6) is 0.956. The molecule has 0 spiro atoms. The molecular formula is C14H19N. The quantitative estimate of drug-likeness (QED) is 0.775. The minimum absolute atomic E-state index is 0.557. The zero-order valence-corrected chi connectivity index (χ0v) is 9.59. The highest BCUT2D eigenvalue weighted by molar-refractivity contribution is 5.38. The van der Waals surface area contributed by atoms with Crippen LogP contribution in [0.25, 0.3) is 0 Å². The fourth-order valence-electron chi connectivity index (χ4n) is 3.38. The van der Waals surface area contributed by atoms with Crippen LogP contribution >= 0.6 is 0 Å². The molecule has 1 N–H and O–H groups in total. The van der Waals surface area contributed by atoms with Gasteiger partial charge in [0, 0.05) is 6.04 Å². The van der Waals surface area contributed by atoms with Crippen LogP contribution in [0.4, 0.5) is 0 Å². The Morgan fingerprint density at radius 2 is 1.93 bits per heavy atom. The Bertz CT molecular complexity index is 367. The number of rotatable bonds is 2. The average Bonchev–Trinajstić information content (AvgIpc) is 2.83. The Hall–Kier alpha value is -0.820. The molecular weight excluding hydrogens is 182 g/mol. The third kappa shape index (κ3) is 1.33. The van der Waals surface area contributed by atoms with Crippen LogP contribution in [0.2, 0.25) is 0 Å². The van der Waals surface area contributed by atoms with Crippen molar-refractivity contribution >= 4 is 0 Å². The van der Waals surface area contributed by atoms with Gasteiger partial charge in [-0.05, 0) is 50.1 Å². The summed E-state index contributed by atoms with van der Waals surface area (Å²) in [5.41, 5.74) is 3.51. The Morgan fingerprint density at radius 1 is 1.20 bits per heavy atom. The zero-order chi connectivity index (χ0) is 10.5. The highest BCUT2D eigenvalue weighted by Crippen LogP contribution is 2.64. The highest BCUT2D eigenvalue weighted by Gasteiger charge is 2.60. The van der Waals surface area contributed by atoms with Crippen molar-refractivity contribution in [1.82, 2.24) is 5.32 Å². The van der Waals surface area contributed by atoms with Gasteiger partial charge in [0.2, 0.25) is 0 Å². The zero-order valence-electron chi connectivity index (χ0n) is 9.59. The maximum atomic E-state index is 3.43. The largest absolute Gasteiger partial charge is 0.317 e. The summed E-state index contributed by atoms with van der Waals surface area (Å²) < 4.78 is 0. The lowest BCUT2D eigenvalue weighted by Gasteiger charge is -2.16. The Balaban J connectivity index is 1.87. The molecule has 3 rings (SSSR count). The first kappa shape index (κ1) is 9.41. The van der Waals surface area contributed by atoms with Gasteiger partial charge >= 0.3 is 0 Å². The van der Waals surface area contributed by atoms with Gasteiger partial charge in [-0.2, -0.15) is 0 Å². The summed E-state index contributed by atoms with van der Waals surface area (Å²) in [6.07, 6.45) is 4.15. The molecule has 0 aromatic heterocycles. The number of hydrogen-bond acceptors (Lipinski definition) is 1. The van der Waals surface area contributed by atoms with Gasteiger partial charge in [0.1, 0.15) is 0 Å². The van der Waals surface area contributed by atoms with E-state index in [-0.39, 0.29) is 0 Å². The normalized spacial score (nSPS) is 37.7. The van der Waals surface area contributed by atoms with E-state index in [9.17, 15) is 0 Å². The molecule has 80 valence electrons. The minimum Gasteiger partial charge on any atom is -0.317 e. The standard InChI is InChI=1S/C14H19N/c1-10-3-5-11(6-4-10)14-8-12(14)7-13(9-14)15-2/h3-6,12-13,15H,7-9H2,1-2H3. The maximum Gasteiger partial charge on any atom is 0.00756 e. The molecule has 2 aliphatic rings. The first-order chi connectivity index (χ1) is 7.24. The second kappa shape index (κ2) is 3.08. The molecule has 1 heteroatoms. The topological polar surface area (TPSA) is 12.0 Å². The van der Waals surface area contributed by atoms with Gasteiger partial charge in [0.05, 0.1) is 0 Å². The molecule has 1 aromatic rings. The van der Waals surface area contributed by atoms with Crippen molar-refractivity contribution < 1.29 is 0 Å². The highest BCUT2D eigenvalue weighted by atomic mass is 14.9. The van der Waals surface area contributed by atoms with Gasteiger partial charge < -0.3 is 5.32 Å². The fourth-order valence-corrected chi connectivity index (χ4v) is 3.38. The third-order valence-corrected chi connectivity index (χ3v) is 4.45. The van der Waals surface area contributed by atoms with Crippen molar-refractivity contribution in [3.8, 4) is 0 Å². The average molecular weight is 201 g/mol. The Morgan fingerprint density at radius 3 is 2.53 bits per heavy atom. The molecule has 0 saturated heterocycles. The second-order valence-electron chi connectivity index (χ2n) is 5.35. The van der Waals surface area contributed by atoms with E-state index in [2.05, 4.69) is 43.6 Å². The molecule has 0 aliphatic heterocycles. The molecule has 0 bridgehead atoms. The molecule has 0 radical (unpaired) electrons. The van der Waals surface area contributed by atoms with E-state index in [0.717, 1.165) is 12.0 Å². The summed E-state index contributed by atoms with van der Waals surface area (Å²) in [4.78, 5) is 0. The molecule has 2 aliphatic carbocycles. The van der Waals surface area contributed by atoms with E-state index in [1.54, 1.807) is 5.56 Å². The lowest BCUT2D eigenvalue weighted by atomic mass is 9.92. The summed E-state index contributed by atoms with van der Waals surface area (Å²) in [6, 6.07) is 9.95. The van der Waals surface area contributed by atoms with Crippen molar-refractivity contribution in [3.05, 3.63) is 35.4 Å². The summed E-state index contributed by atoms with van der Waals surface area (Å²) in [6.45, 7) is 2.16. The van der Waals surface area contributed by atoms with Crippen molar-refractivity contribution in [2.24, 2.45) is 5.92 Å². The number of fused-ring (bicyclic) bond motifs is 1. The van der Waals surface area contributed by atoms with Crippen LogP contribution in [-0.2, 0) is 5.41 Å². The van der Waals surface area contributed by atoms with Gasteiger partial charge in [-0.25, -0.2) is 0 Å². The molecule has 0 heterocycles. The molecule has 3 unspecified atom stereocenters. The first-order valence-corrected chi connectivity index (χ1v) is 5.99. The van der Waals surface area contributed by atoms with Crippen LogP contribution in [0.1, 0.15) is 30.4 Å². The van der Waals surface area contributed by atoms with E-state index in [0.29, 0.717) is 5.41 Å². The number of aryl methyl sites for hydroxylation is 1. The SMILES string of the molecule is CNC1CC2CC2(c2ccc(C)cc2)C1. The van der Waals surface area contributed by atoms with Crippen LogP contribution in [0, 0.1) is 12.8 Å². The predicted octanol–water partition coefficient (Wildman–Crippen LogP) is 2.63. The monoisotopic (exact) mass is 201 g/mol. The van der Waals surface area contributed by atoms with Gasteiger partial charge in [0.25, 0.3) is 0 Å². The molecule has 2 saturated carbocycles. The lowest BCUT2D eigenvalue weighted by molar-refractivity contribution is 0.507. The Kier molecular flexibility index (Phi) is 1.93. The van der Waals surface area contributed by atoms with Crippen LogP contribution in [0.3, 0.4) is 0 Å². The Labute approximate surface area is 91.9 Å².